The van der Waals surface area contributed by atoms with Gasteiger partial charge in [0.1, 0.15) is 5.75 Å². The molecule has 0 radical (unpaired) electrons. The molecule has 0 unspecified atom stereocenters. The van der Waals surface area contributed by atoms with Crippen LogP contribution in [0.15, 0.2) is 66.7 Å². The number of rotatable bonds is 9. The van der Waals surface area contributed by atoms with Crippen molar-refractivity contribution < 1.29 is 23.9 Å². The number of piperazine rings is 1. The van der Waals surface area contributed by atoms with Crippen molar-refractivity contribution in [1.82, 2.24) is 4.90 Å². The predicted octanol–water partition coefficient (Wildman–Crippen LogP) is 5.28. The molecule has 1 N–H and O–H groups in total. The van der Waals surface area contributed by atoms with Crippen LogP contribution in [-0.4, -0.2) is 62.1 Å². The van der Waals surface area contributed by atoms with E-state index < -0.39 is 5.97 Å². The van der Waals surface area contributed by atoms with Crippen LogP contribution in [-0.2, 0) is 9.53 Å². The Morgan fingerprint density at radius 2 is 1.62 bits per heavy atom. The van der Waals surface area contributed by atoms with Crippen molar-refractivity contribution in [2.24, 2.45) is 0 Å². The summed E-state index contributed by atoms with van der Waals surface area (Å²) >= 11 is 0. The fraction of sp³-hybridized carbons (Fsp3) is 0.344. The molecule has 1 heterocycles. The fourth-order valence-corrected chi connectivity index (χ4v) is 4.74. The predicted molar refractivity (Wildman–Crippen MR) is 156 cm³/mol. The summed E-state index contributed by atoms with van der Waals surface area (Å²) in [7, 11) is 0. The number of hydrogen-bond donors (Lipinski definition) is 1. The van der Waals surface area contributed by atoms with Crippen molar-refractivity contribution in [3.05, 3.63) is 89.0 Å². The van der Waals surface area contributed by atoms with Crippen LogP contribution in [0, 0.1) is 6.92 Å². The minimum Gasteiger partial charge on any atom is -0.483 e. The van der Waals surface area contributed by atoms with Gasteiger partial charge in [0.05, 0.1) is 23.5 Å². The summed E-state index contributed by atoms with van der Waals surface area (Å²) in [6.45, 7) is 10.2. The molecule has 8 nitrogen and oxygen atoms in total. The normalized spacial score (nSPS) is 13.2. The second kappa shape index (κ2) is 13.2. The first-order valence-corrected chi connectivity index (χ1v) is 13.7. The first-order chi connectivity index (χ1) is 19.3. The van der Waals surface area contributed by atoms with Crippen LogP contribution in [0.2, 0.25) is 0 Å². The summed E-state index contributed by atoms with van der Waals surface area (Å²) in [5.74, 6) is 0.140. The molecule has 1 fully saturated rings. The molecule has 3 aromatic rings. The Hall–Kier alpha value is -4.33. The van der Waals surface area contributed by atoms with Crippen LogP contribution in [0.1, 0.15) is 58.5 Å². The van der Waals surface area contributed by atoms with Crippen molar-refractivity contribution in [2.75, 3.05) is 49.6 Å². The molecular weight excluding hydrogens is 506 g/mol. The standard InChI is InChI=1S/C32H37N3O5/c1-5-39-32(38)25-12-14-28(34-15-17-35(18-16-34)31(37)24-9-7-6-8-10-24)27(20-25)33-30(36)21-40-29-19-23(4)11-13-26(29)22(2)3/h6-14,19-20,22H,5,15-18,21H2,1-4H3,(H,33,36). The average molecular weight is 544 g/mol. The molecule has 0 aromatic heterocycles. The number of hydrogen-bond acceptors (Lipinski definition) is 6. The molecule has 1 aliphatic rings. The van der Waals surface area contributed by atoms with E-state index in [9.17, 15) is 14.4 Å². The number of esters is 1. The zero-order valence-electron chi connectivity index (χ0n) is 23.6. The van der Waals surface area contributed by atoms with Gasteiger partial charge in [-0.3, -0.25) is 9.59 Å². The van der Waals surface area contributed by atoms with Gasteiger partial charge in [0.2, 0.25) is 0 Å². The molecule has 8 heteroatoms. The van der Waals surface area contributed by atoms with Crippen molar-refractivity contribution in [3.8, 4) is 5.75 Å². The average Bonchev–Trinajstić information content (AvgIpc) is 2.96. The molecule has 3 aromatic carbocycles. The van der Waals surface area contributed by atoms with Gasteiger partial charge in [-0.15, -0.1) is 0 Å². The smallest absolute Gasteiger partial charge is 0.338 e. The van der Waals surface area contributed by atoms with E-state index in [-0.39, 0.29) is 30.9 Å². The minimum absolute atomic E-state index is 0.000463. The number of amides is 2. The summed E-state index contributed by atoms with van der Waals surface area (Å²) in [4.78, 5) is 42.4. The maximum Gasteiger partial charge on any atom is 0.338 e. The third kappa shape index (κ3) is 7.00. The van der Waals surface area contributed by atoms with Gasteiger partial charge < -0.3 is 24.6 Å². The molecule has 0 aliphatic carbocycles. The van der Waals surface area contributed by atoms with Gasteiger partial charge in [-0.2, -0.15) is 0 Å². The molecule has 0 saturated carbocycles. The van der Waals surface area contributed by atoms with Crippen molar-refractivity contribution in [2.45, 2.75) is 33.6 Å². The fourth-order valence-electron chi connectivity index (χ4n) is 4.74. The van der Waals surface area contributed by atoms with Crippen LogP contribution in [0.4, 0.5) is 11.4 Å². The Morgan fingerprint density at radius 3 is 2.30 bits per heavy atom. The molecule has 0 atom stereocenters. The Bertz CT molecular complexity index is 1350. The largest absolute Gasteiger partial charge is 0.483 e. The lowest BCUT2D eigenvalue weighted by Gasteiger charge is -2.37. The number of nitrogens with zero attached hydrogens (tertiary/aromatic N) is 2. The summed E-state index contributed by atoms with van der Waals surface area (Å²) in [5.41, 5.74) is 4.36. The van der Waals surface area contributed by atoms with Crippen LogP contribution >= 0.6 is 0 Å². The highest BCUT2D eigenvalue weighted by Gasteiger charge is 2.25. The Morgan fingerprint density at radius 1 is 0.900 bits per heavy atom. The SMILES string of the molecule is CCOC(=O)c1ccc(N2CCN(C(=O)c3ccccc3)CC2)c(NC(=O)COc2cc(C)ccc2C(C)C)c1. The van der Waals surface area contributed by atoms with Crippen molar-refractivity contribution in [3.63, 3.8) is 0 Å². The van der Waals surface area contributed by atoms with Crippen LogP contribution in [0.25, 0.3) is 0 Å². The maximum absolute atomic E-state index is 13.1. The van der Waals surface area contributed by atoms with E-state index in [1.54, 1.807) is 19.1 Å². The number of aryl methyl sites for hydroxylation is 1. The maximum atomic E-state index is 13.1. The molecule has 4 rings (SSSR count). The van der Waals surface area contributed by atoms with Gasteiger partial charge in [-0.25, -0.2) is 4.79 Å². The second-order valence-corrected chi connectivity index (χ2v) is 10.1. The van der Waals surface area contributed by atoms with Crippen LogP contribution < -0.4 is 15.0 Å². The molecule has 2 amide bonds. The van der Waals surface area contributed by atoms with Gasteiger partial charge in [-0.1, -0.05) is 44.2 Å². The summed E-state index contributed by atoms with van der Waals surface area (Å²) in [6, 6.07) is 20.4. The molecule has 0 bridgehead atoms. The summed E-state index contributed by atoms with van der Waals surface area (Å²) in [6.07, 6.45) is 0. The molecule has 1 saturated heterocycles. The Kier molecular flexibility index (Phi) is 9.43. The van der Waals surface area contributed by atoms with E-state index in [1.807, 2.05) is 66.4 Å². The number of nitrogens with one attached hydrogen (secondary N) is 1. The first-order valence-electron chi connectivity index (χ1n) is 13.7. The quantitative estimate of drug-likeness (QED) is 0.370. The Balaban J connectivity index is 1.49. The van der Waals surface area contributed by atoms with E-state index in [2.05, 4.69) is 24.1 Å². The zero-order chi connectivity index (χ0) is 28.6. The lowest BCUT2D eigenvalue weighted by atomic mass is 10.0. The summed E-state index contributed by atoms with van der Waals surface area (Å²) in [5, 5.41) is 2.94. The lowest BCUT2D eigenvalue weighted by Crippen LogP contribution is -2.49. The topological polar surface area (TPSA) is 88.2 Å². The number of carbonyl (C=O) groups is 3. The van der Waals surface area contributed by atoms with E-state index in [0.29, 0.717) is 48.7 Å². The van der Waals surface area contributed by atoms with Crippen LogP contribution in [0.3, 0.4) is 0 Å². The van der Waals surface area contributed by atoms with Crippen LogP contribution in [0.5, 0.6) is 5.75 Å². The number of ether oxygens (including phenoxy) is 2. The van der Waals surface area contributed by atoms with Gasteiger partial charge in [0, 0.05) is 31.7 Å². The summed E-state index contributed by atoms with van der Waals surface area (Å²) < 4.78 is 11.1. The molecule has 0 spiro atoms. The van der Waals surface area contributed by atoms with Crippen molar-refractivity contribution in [1.29, 1.82) is 0 Å². The van der Waals surface area contributed by atoms with E-state index >= 15 is 0 Å². The molecule has 40 heavy (non-hydrogen) atoms. The second-order valence-electron chi connectivity index (χ2n) is 10.1. The Labute approximate surface area is 235 Å². The van der Waals surface area contributed by atoms with Gasteiger partial charge in [0.15, 0.2) is 6.61 Å². The number of carbonyl (C=O) groups excluding carboxylic acids is 3. The molecule has 210 valence electrons. The van der Waals surface area contributed by atoms with E-state index in [0.717, 1.165) is 16.8 Å². The number of anilines is 2. The van der Waals surface area contributed by atoms with Gasteiger partial charge in [-0.05, 0) is 67.3 Å². The third-order valence-corrected chi connectivity index (χ3v) is 6.86. The highest BCUT2D eigenvalue weighted by molar-refractivity contribution is 5.99. The van der Waals surface area contributed by atoms with Gasteiger partial charge in [0.25, 0.3) is 11.8 Å². The highest BCUT2D eigenvalue weighted by atomic mass is 16.5. The van der Waals surface area contributed by atoms with Crippen molar-refractivity contribution >= 4 is 29.2 Å². The van der Waals surface area contributed by atoms with Gasteiger partial charge >= 0.3 is 5.97 Å². The number of benzene rings is 3. The zero-order valence-corrected chi connectivity index (χ0v) is 23.6. The molecular formula is C32H37N3O5. The highest BCUT2D eigenvalue weighted by Crippen LogP contribution is 2.30. The lowest BCUT2D eigenvalue weighted by molar-refractivity contribution is -0.118. The third-order valence-electron chi connectivity index (χ3n) is 6.86. The molecule has 1 aliphatic heterocycles. The van der Waals surface area contributed by atoms with E-state index in [1.165, 1.54) is 0 Å². The van der Waals surface area contributed by atoms with E-state index in [4.69, 9.17) is 9.47 Å². The first kappa shape index (κ1) is 28.7. The minimum atomic E-state index is -0.458. The monoisotopic (exact) mass is 543 g/mol.